The number of hydrogen-bond donors (Lipinski definition) is 3. The number of fused-ring (bicyclic) bond motifs is 1. The molecule has 0 saturated carbocycles. The number of nitrogens with one attached hydrogen (secondary N) is 3. The minimum atomic E-state index is -0.274. The van der Waals surface area contributed by atoms with Crippen LogP contribution in [0.5, 0.6) is 0 Å². The van der Waals surface area contributed by atoms with Gasteiger partial charge in [-0.15, -0.1) is 0 Å². The Kier molecular flexibility index (Phi) is 6.02. The molecular formula is C23H29N3O2. The highest BCUT2D eigenvalue weighted by atomic mass is 16.2. The van der Waals surface area contributed by atoms with E-state index in [0.717, 1.165) is 24.9 Å². The van der Waals surface area contributed by atoms with Crippen LogP contribution in [0.1, 0.15) is 61.1 Å². The van der Waals surface area contributed by atoms with Crippen LogP contribution in [0.3, 0.4) is 0 Å². The smallest absolute Gasteiger partial charge is 0.251 e. The lowest BCUT2D eigenvalue weighted by Gasteiger charge is -2.26. The molecule has 0 fully saturated rings. The fourth-order valence-electron chi connectivity index (χ4n) is 3.48. The molecule has 0 saturated heterocycles. The maximum Gasteiger partial charge on any atom is 0.251 e. The number of aryl methyl sites for hydroxylation is 1. The molecule has 2 aromatic rings. The van der Waals surface area contributed by atoms with Gasteiger partial charge in [-0.05, 0) is 75.4 Å². The van der Waals surface area contributed by atoms with E-state index in [1.807, 2.05) is 39.0 Å². The normalized spacial score (nSPS) is 16.0. The molecule has 28 heavy (non-hydrogen) atoms. The van der Waals surface area contributed by atoms with E-state index in [1.165, 1.54) is 11.1 Å². The number of carbonyl (C=O) groups excluding carboxylic acids is 2. The molecule has 1 aliphatic rings. The second kappa shape index (κ2) is 8.46. The van der Waals surface area contributed by atoms with Crippen molar-refractivity contribution >= 4 is 17.5 Å². The highest BCUT2D eigenvalue weighted by Gasteiger charge is 2.21. The molecule has 148 valence electrons. The molecule has 0 bridgehead atoms. The third kappa shape index (κ3) is 5.35. The van der Waals surface area contributed by atoms with Gasteiger partial charge in [-0.1, -0.05) is 24.3 Å². The Hall–Kier alpha value is -2.82. The van der Waals surface area contributed by atoms with E-state index in [2.05, 4.69) is 34.1 Å². The van der Waals surface area contributed by atoms with E-state index in [0.29, 0.717) is 5.56 Å². The van der Waals surface area contributed by atoms with Gasteiger partial charge in [0.15, 0.2) is 0 Å². The lowest BCUT2D eigenvalue weighted by atomic mass is 9.88. The van der Waals surface area contributed by atoms with Gasteiger partial charge in [0.05, 0.1) is 12.6 Å². The predicted octanol–water partition coefficient (Wildman–Crippen LogP) is 3.82. The molecule has 5 heteroatoms. The molecule has 1 atom stereocenters. The highest BCUT2D eigenvalue weighted by Crippen LogP contribution is 2.29. The van der Waals surface area contributed by atoms with Crippen LogP contribution in [-0.2, 0) is 11.2 Å². The van der Waals surface area contributed by atoms with Crippen LogP contribution in [0, 0.1) is 0 Å². The Morgan fingerprint density at radius 3 is 2.46 bits per heavy atom. The molecule has 0 spiro atoms. The van der Waals surface area contributed by atoms with Crippen LogP contribution < -0.4 is 16.0 Å². The number of hydrogen-bond acceptors (Lipinski definition) is 3. The lowest BCUT2D eigenvalue weighted by Crippen LogP contribution is -2.40. The van der Waals surface area contributed by atoms with Crippen molar-refractivity contribution in [3.63, 3.8) is 0 Å². The maximum atomic E-state index is 12.4. The van der Waals surface area contributed by atoms with Crippen LogP contribution >= 0.6 is 0 Å². The van der Waals surface area contributed by atoms with Crippen LogP contribution in [0.4, 0.5) is 5.69 Å². The zero-order chi connectivity index (χ0) is 20.1. The van der Waals surface area contributed by atoms with Crippen molar-refractivity contribution in [3.8, 4) is 0 Å². The van der Waals surface area contributed by atoms with Crippen molar-refractivity contribution in [1.82, 2.24) is 10.6 Å². The highest BCUT2D eigenvalue weighted by molar-refractivity contribution is 5.95. The maximum absolute atomic E-state index is 12.4. The van der Waals surface area contributed by atoms with Gasteiger partial charge in [0.1, 0.15) is 0 Å². The van der Waals surface area contributed by atoms with Crippen molar-refractivity contribution in [2.75, 3.05) is 11.9 Å². The largest absolute Gasteiger partial charge is 0.376 e. The van der Waals surface area contributed by atoms with Crippen molar-refractivity contribution < 1.29 is 9.59 Å². The van der Waals surface area contributed by atoms with E-state index in [9.17, 15) is 9.59 Å². The summed E-state index contributed by atoms with van der Waals surface area (Å²) in [6, 6.07) is 15.6. The summed E-state index contributed by atoms with van der Waals surface area (Å²) >= 11 is 0. The fourth-order valence-corrected chi connectivity index (χ4v) is 3.48. The van der Waals surface area contributed by atoms with Gasteiger partial charge in [0.25, 0.3) is 5.91 Å². The summed E-state index contributed by atoms with van der Waals surface area (Å²) in [5, 5.41) is 9.20. The van der Waals surface area contributed by atoms with Gasteiger partial charge in [-0.25, -0.2) is 0 Å². The van der Waals surface area contributed by atoms with Crippen molar-refractivity contribution in [1.29, 1.82) is 0 Å². The van der Waals surface area contributed by atoms with Gasteiger partial charge < -0.3 is 16.0 Å². The summed E-state index contributed by atoms with van der Waals surface area (Å²) in [7, 11) is 0. The second-order valence-corrected chi connectivity index (χ2v) is 8.35. The zero-order valence-electron chi connectivity index (χ0n) is 16.8. The van der Waals surface area contributed by atoms with Crippen LogP contribution in [-0.4, -0.2) is 23.9 Å². The molecule has 0 aliphatic heterocycles. The quantitative estimate of drug-likeness (QED) is 0.740. The monoisotopic (exact) mass is 379 g/mol. The first kappa shape index (κ1) is 19.9. The minimum Gasteiger partial charge on any atom is -0.376 e. The Balaban J connectivity index is 1.52. The summed E-state index contributed by atoms with van der Waals surface area (Å²) in [5.74, 6) is -0.135. The molecule has 2 aromatic carbocycles. The van der Waals surface area contributed by atoms with Crippen molar-refractivity contribution in [2.24, 2.45) is 0 Å². The summed E-state index contributed by atoms with van der Waals surface area (Å²) < 4.78 is 0. The summed E-state index contributed by atoms with van der Waals surface area (Å²) in [6.07, 6.45) is 3.14. The van der Waals surface area contributed by atoms with E-state index in [-0.39, 0.29) is 29.9 Å². The molecule has 0 radical (unpaired) electrons. The van der Waals surface area contributed by atoms with E-state index < -0.39 is 0 Å². The van der Waals surface area contributed by atoms with Gasteiger partial charge in [0.2, 0.25) is 5.91 Å². The first-order valence-electron chi connectivity index (χ1n) is 9.85. The molecule has 3 rings (SSSR count). The number of benzene rings is 2. The predicted molar refractivity (Wildman–Crippen MR) is 112 cm³/mol. The fraction of sp³-hybridized carbons (Fsp3) is 0.391. The van der Waals surface area contributed by atoms with Gasteiger partial charge in [0, 0.05) is 16.8 Å². The Labute approximate surface area is 166 Å². The molecule has 0 aromatic heterocycles. The number of rotatable bonds is 5. The first-order chi connectivity index (χ1) is 13.3. The van der Waals surface area contributed by atoms with Crippen LogP contribution in [0.2, 0.25) is 0 Å². The summed E-state index contributed by atoms with van der Waals surface area (Å²) in [5.41, 5.74) is 3.70. The van der Waals surface area contributed by atoms with Gasteiger partial charge in [-0.3, -0.25) is 9.59 Å². The third-order valence-electron chi connectivity index (χ3n) is 4.79. The third-order valence-corrected chi connectivity index (χ3v) is 4.79. The average molecular weight is 380 g/mol. The topological polar surface area (TPSA) is 70.2 Å². The van der Waals surface area contributed by atoms with E-state index >= 15 is 0 Å². The zero-order valence-corrected chi connectivity index (χ0v) is 16.8. The van der Waals surface area contributed by atoms with Crippen LogP contribution in [0.25, 0.3) is 0 Å². The Bertz CT molecular complexity index is 838. The Morgan fingerprint density at radius 2 is 1.75 bits per heavy atom. The average Bonchev–Trinajstić information content (AvgIpc) is 2.66. The molecule has 0 unspecified atom stereocenters. The first-order valence-corrected chi connectivity index (χ1v) is 9.85. The number of anilines is 1. The second-order valence-electron chi connectivity index (χ2n) is 8.35. The van der Waals surface area contributed by atoms with E-state index in [4.69, 9.17) is 0 Å². The number of amides is 2. The SMILES string of the molecule is CC(C)(C)NC(=O)c1ccc(NCC(=O)N[C@@H]2CCCc3ccccc32)cc1. The van der Waals surface area contributed by atoms with Crippen LogP contribution in [0.15, 0.2) is 48.5 Å². The van der Waals surface area contributed by atoms with Gasteiger partial charge in [-0.2, -0.15) is 0 Å². The molecule has 1 aliphatic carbocycles. The standard InChI is InChI=1S/C23H29N3O2/c1-23(2,3)26-22(28)17-11-13-18(14-12-17)24-15-21(27)25-20-10-6-8-16-7-4-5-9-19(16)20/h4-5,7,9,11-14,20,24H,6,8,10,15H2,1-3H3,(H,25,27)(H,26,28)/t20-/m1/s1. The summed E-state index contributed by atoms with van der Waals surface area (Å²) in [4.78, 5) is 24.6. The molecule has 2 amide bonds. The number of carbonyl (C=O) groups is 2. The minimum absolute atomic E-state index is 0.0312. The Morgan fingerprint density at radius 1 is 1.04 bits per heavy atom. The summed E-state index contributed by atoms with van der Waals surface area (Å²) in [6.45, 7) is 6.05. The van der Waals surface area contributed by atoms with Crippen molar-refractivity contribution in [3.05, 3.63) is 65.2 Å². The van der Waals surface area contributed by atoms with Gasteiger partial charge >= 0.3 is 0 Å². The molecule has 5 nitrogen and oxygen atoms in total. The molecule has 0 heterocycles. The van der Waals surface area contributed by atoms with E-state index in [1.54, 1.807) is 12.1 Å². The lowest BCUT2D eigenvalue weighted by molar-refractivity contribution is -0.120. The van der Waals surface area contributed by atoms with Crippen molar-refractivity contribution in [2.45, 2.75) is 51.6 Å². The molecular weight excluding hydrogens is 350 g/mol. The molecule has 3 N–H and O–H groups in total.